The van der Waals surface area contributed by atoms with E-state index in [0.717, 1.165) is 6.08 Å². The second-order valence-electron chi connectivity index (χ2n) is 11.1. The van der Waals surface area contributed by atoms with E-state index in [1.165, 1.54) is 37.5 Å². The number of aliphatic hydroxyl groups excluding tert-OH is 1. The van der Waals surface area contributed by atoms with Crippen LogP contribution in [0.1, 0.15) is 50.6 Å². The Morgan fingerprint density at radius 2 is 2.00 bits per heavy atom. The number of aliphatic hydroxyl groups is 1. The molecule has 200 valence electrons. The Morgan fingerprint density at radius 1 is 1.27 bits per heavy atom. The van der Waals surface area contributed by atoms with Crippen molar-refractivity contribution in [2.45, 2.75) is 63.6 Å². The number of hydrogen-bond acceptors (Lipinski definition) is 7. The fraction of sp³-hybridized carbons (Fsp3) is 0.593. The van der Waals surface area contributed by atoms with Crippen molar-refractivity contribution >= 4 is 28.6 Å². The first-order valence-electron chi connectivity index (χ1n) is 12.3. The highest BCUT2D eigenvalue weighted by Gasteiger charge is 2.78. The van der Waals surface area contributed by atoms with E-state index in [1.807, 2.05) is 0 Å². The van der Waals surface area contributed by atoms with Crippen molar-refractivity contribution < 1.29 is 41.8 Å². The molecule has 1 heterocycles. The first-order valence-corrected chi connectivity index (χ1v) is 13.3. The first kappa shape index (κ1) is 26.3. The number of ether oxygens (including phenoxy) is 1. The van der Waals surface area contributed by atoms with Crippen LogP contribution in [0.4, 0.5) is 13.2 Å². The first-order chi connectivity index (χ1) is 17.4. The number of carbonyl (C=O) groups excluding carboxylic acids is 3. The second kappa shape index (κ2) is 8.59. The molecule has 9 atom stereocenters. The summed E-state index contributed by atoms with van der Waals surface area (Å²) < 4.78 is 57.5. The summed E-state index contributed by atoms with van der Waals surface area (Å²) in [6.45, 7) is 4.79. The summed E-state index contributed by atoms with van der Waals surface area (Å²) in [5.74, 6) is -3.98. The lowest BCUT2D eigenvalue weighted by Crippen LogP contribution is -2.70. The van der Waals surface area contributed by atoms with E-state index in [4.69, 9.17) is 9.15 Å². The van der Waals surface area contributed by atoms with E-state index < -0.39 is 75.0 Å². The normalized spacial score (nSPS) is 44.5. The zero-order chi connectivity index (χ0) is 27.0. The van der Waals surface area contributed by atoms with Gasteiger partial charge >= 0.3 is 5.97 Å². The molecule has 1 aromatic heterocycles. The Kier molecular flexibility index (Phi) is 6.10. The largest absolute Gasteiger partial charge is 0.457 e. The van der Waals surface area contributed by atoms with Gasteiger partial charge in [-0.3, -0.25) is 9.59 Å². The molecule has 5 rings (SSSR count). The van der Waals surface area contributed by atoms with Crippen LogP contribution in [0.25, 0.3) is 0 Å². The van der Waals surface area contributed by atoms with Crippen LogP contribution in [0.5, 0.6) is 0 Å². The number of halogens is 3. The summed E-state index contributed by atoms with van der Waals surface area (Å²) in [6.07, 6.45) is 1.16. The third-order valence-corrected chi connectivity index (χ3v) is 10.3. The third kappa shape index (κ3) is 3.27. The summed E-state index contributed by atoms with van der Waals surface area (Å²) in [7, 11) is 0. The van der Waals surface area contributed by atoms with Gasteiger partial charge in [-0.25, -0.2) is 18.0 Å². The Bertz CT molecular complexity index is 1200. The number of esters is 1. The maximum atomic E-state index is 17.4. The maximum Gasteiger partial charge on any atom is 0.375 e. The van der Waals surface area contributed by atoms with E-state index in [2.05, 4.69) is 0 Å². The number of hydrogen-bond donors (Lipinski definition) is 1. The second-order valence-corrected chi connectivity index (χ2v) is 12.0. The van der Waals surface area contributed by atoms with Crippen molar-refractivity contribution in [3.05, 3.63) is 48.0 Å². The number of carbonyl (C=O) groups is 3. The van der Waals surface area contributed by atoms with E-state index in [0.29, 0.717) is 11.8 Å². The molecule has 0 amide bonds. The third-order valence-electron chi connectivity index (χ3n) is 9.63. The number of alkyl halides is 3. The molecule has 0 aliphatic heterocycles. The topological polar surface area (TPSA) is 93.8 Å². The lowest BCUT2D eigenvalue weighted by Gasteiger charge is -2.63. The Labute approximate surface area is 216 Å². The van der Waals surface area contributed by atoms with Crippen LogP contribution in [-0.4, -0.2) is 51.5 Å². The zero-order valence-electron chi connectivity index (χ0n) is 20.7. The van der Waals surface area contributed by atoms with Gasteiger partial charge in [0.2, 0.25) is 10.9 Å². The van der Waals surface area contributed by atoms with Gasteiger partial charge in [0.1, 0.15) is 12.2 Å². The average molecular weight is 539 g/mol. The SMILES string of the molecule is CC1CC2C3CC(F)C4=CC(=O)C=C[C@]4(C)C3(F)[C@@H](O)C[C@]2(C)[C@@]1(OC(=O)c1ccco1)C(=O)SCF. The minimum Gasteiger partial charge on any atom is -0.457 e. The van der Waals surface area contributed by atoms with Crippen molar-refractivity contribution in [2.24, 2.45) is 28.6 Å². The van der Waals surface area contributed by atoms with Crippen LogP contribution in [0, 0.1) is 28.6 Å². The minimum absolute atomic E-state index is 0.00739. The van der Waals surface area contributed by atoms with Gasteiger partial charge in [0.05, 0.1) is 12.4 Å². The molecule has 0 saturated heterocycles. The number of fused-ring (bicyclic) bond motifs is 5. The standard InChI is InChI=1S/C27H29F3O6S/c1-14-9-16-17-11-19(29)18-10-15(31)6-7-24(18,2)26(17,30)21(32)12-25(16,3)27(14,23(34)37-13-28)36-22(33)20-5-4-8-35-20/h4-8,10,14,16-17,19,21,32H,9,11-13H2,1-3H3/t14?,16?,17?,19?,21-,24-,25-,26?,27-/m0/s1. The molecule has 37 heavy (non-hydrogen) atoms. The van der Waals surface area contributed by atoms with E-state index in [-0.39, 0.29) is 30.6 Å². The van der Waals surface area contributed by atoms with E-state index in [9.17, 15) is 23.9 Å². The molecule has 0 bridgehead atoms. The summed E-state index contributed by atoms with van der Waals surface area (Å²) in [4.78, 5) is 38.7. The van der Waals surface area contributed by atoms with Gasteiger partial charge in [-0.15, -0.1) is 0 Å². The Hall–Kier alpha value is -2.33. The van der Waals surface area contributed by atoms with Gasteiger partial charge < -0.3 is 14.3 Å². The monoisotopic (exact) mass is 538 g/mol. The molecule has 4 aliphatic carbocycles. The van der Waals surface area contributed by atoms with Crippen LogP contribution in [-0.2, 0) is 14.3 Å². The lowest BCUT2D eigenvalue weighted by molar-refractivity contribution is -0.221. The van der Waals surface area contributed by atoms with Crippen LogP contribution in [0.2, 0.25) is 0 Å². The molecule has 6 nitrogen and oxygen atoms in total. The molecule has 1 aromatic rings. The number of ketones is 1. The molecule has 3 fully saturated rings. The molecule has 0 aromatic carbocycles. The molecule has 3 saturated carbocycles. The van der Waals surface area contributed by atoms with Crippen molar-refractivity contribution in [1.82, 2.24) is 0 Å². The number of thioether (sulfide) groups is 1. The quantitative estimate of drug-likeness (QED) is 0.544. The van der Waals surface area contributed by atoms with Gasteiger partial charge in [0.15, 0.2) is 17.1 Å². The summed E-state index contributed by atoms with van der Waals surface area (Å²) >= 11 is 0.352. The predicted octanol–water partition coefficient (Wildman–Crippen LogP) is 4.93. The number of rotatable bonds is 4. The molecule has 4 aliphatic rings. The number of furan rings is 1. The molecular formula is C27H29F3O6S. The highest BCUT2D eigenvalue weighted by Crippen LogP contribution is 2.72. The fourth-order valence-electron chi connectivity index (χ4n) is 7.97. The van der Waals surface area contributed by atoms with Crippen LogP contribution in [0.15, 0.2) is 46.6 Å². The molecule has 5 unspecified atom stereocenters. The zero-order valence-corrected chi connectivity index (χ0v) is 21.5. The van der Waals surface area contributed by atoms with Crippen LogP contribution >= 0.6 is 11.8 Å². The van der Waals surface area contributed by atoms with E-state index in [1.54, 1.807) is 13.8 Å². The molecular weight excluding hydrogens is 509 g/mol. The Morgan fingerprint density at radius 3 is 2.65 bits per heavy atom. The van der Waals surface area contributed by atoms with Crippen molar-refractivity contribution in [3.63, 3.8) is 0 Å². The highest BCUT2D eigenvalue weighted by molar-refractivity contribution is 8.13. The van der Waals surface area contributed by atoms with Crippen molar-refractivity contribution in [3.8, 4) is 0 Å². The highest BCUT2D eigenvalue weighted by atomic mass is 32.2. The average Bonchev–Trinajstić information content (AvgIpc) is 3.45. The maximum absolute atomic E-state index is 17.4. The fourth-order valence-corrected chi connectivity index (χ4v) is 8.76. The van der Waals surface area contributed by atoms with Gasteiger partial charge in [-0.2, -0.15) is 0 Å². The molecule has 0 radical (unpaired) electrons. The lowest BCUT2D eigenvalue weighted by atomic mass is 9.44. The van der Waals surface area contributed by atoms with Gasteiger partial charge in [0, 0.05) is 22.7 Å². The summed E-state index contributed by atoms with van der Waals surface area (Å²) in [6, 6.07) is 1.78. The van der Waals surface area contributed by atoms with Crippen LogP contribution in [0.3, 0.4) is 0 Å². The van der Waals surface area contributed by atoms with Gasteiger partial charge in [-0.05, 0) is 73.7 Å². The van der Waals surface area contributed by atoms with Crippen molar-refractivity contribution in [1.29, 1.82) is 0 Å². The predicted molar refractivity (Wildman–Crippen MR) is 129 cm³/mol. The van der Waals surface area contributed by atoms with Crippen molar-refractivity contribution in [2.75, 3.05) is 6.01 Å². The van der Waals surface area contributed by atoms with Gasteiger partial charge in [0.25, 0.3) is 0 Å². The molecule has 10 heteroatoms. The summed E-state index contributed by atoms with van der Waals surface area (Å²) in [5, 5.41) is 10.7. The minimum atomic E-state index is -2.35. The van der Waals surface area contributed by atoms with Crippen LogP contribution < -0.4 is 0 Å². The summed E-state index contributed by atoms with van der Waals surface area (Å²) in [5.41, 5.74) is -7.19. The molecule has 0 spiro atoms. The van der Waals surface area contributed by atoms with Gasteiger partial charge in [-0.1, -0.05) is 19.9 Å². The molecule has 1 N–H and O–H groups in total. The van der Waals surface area contributed by atoms with E-state index >= 15 is 8.78 Å². The Balaban J connectivity index is 1.64. The number of allylic oxidation sites excluding steroid dienone is 4. The smallest absolute Gasteiger partial charge is 0.375 e.